The van der Waals surface area contributed by atoms with Crippen LogP contribution in [0.3, 0.4) is 0 Å². The van der Waals surface area contributed by atoms with Crippen LogP contribution >= 0.6 is 0 Å². The quantitative estimate of drug-likeness (QED) is 0.508. The molecule has 0 bridgehead atoms. The zero-order valence-corrected chi connectivity index (χ0v) is 4.26. The van der Waals surface area contributed by atoms with Gasteiger partial charge in [-0.1, -0.05) is 0 Å². The number of carbonyl (C=O) groups excluding carboxylic acids is 1. The minimum absolute atomic E-state index is 0.236. The van der Waals surface area contributed by atoms with Gasteiger partial charge in [-0.3, -0.25) is 0 Å². The van der Waals surface area contributed by atoms with Gasteiger partial charge in [-0.25, -0.2) is 4.79 Å². The molecule has 2 amide bonds. The Morgan fingerprint density at radius 3 is 2.62 bits per heavy atom. The van der Waals surface area contributed by atoms with Crippen molar-refractivity contribution in [3.63, 3.8) is 0 Å². The third-order valence-electron chi connectivity index (χ3n) is 0.988. The van der Waals surface area contributed by atoms with Gasteiger partial charge in [-0.15, -0.1) is 4.91 Å². The summed E-state index contributed by atoms with van der Waals surface area (Å²) in [5.41, 5.74) is 0. The number of nitroso groups, excluding NO2 is 1. The highest BCUT2D eigenvalue weighted by atomic mass is 16.3. The van der Waals surface area contributed by atoms with E-state index in [2.05, 4.69) is 10.5 Å². The Labute approximate surface area is 46.2 Å². The molecular formula is C4H6N2O2. The molecule has 1 aliphatic rings. The lowest BCUT2D eigenvalue weighted by atomic mass is 10.7. The minimum Gasteiger partial charge on any atom is -0.331 e. The average Bonchev–Trinajstić information content (AvgIpc) is 2.50. The summed E-state index contributed by atoms with van der Waals surface area (Å²) in [5, 5.41) is 4.55. The van der Waals surface area contributed by atoms with Crippen LogP contribution in [-0.4, -0.2) is 12.1 Å². The molecule has 4 heteroatoms. The molecule has 0 aromatic rings. The summed E-state index contributed by atoms with van der Waals surface area (Å²) in [4.78, 5) is 19.5. The van der Waals surface area contributed by atoms with E-state index >= 15 is 0 Å². The van der Waals surface area contributed by atoms with Crippen molar-refractivity contribution in [3.8, 4) is 0 Å². The normalized spacial score (nSPS) is 17.5. The first-order chi connectivity index (χ1) is 3.83. The Kier molecular flexibility index (Phi) is 1.24. The molecule has 0 aromatic heterocycles. The number of nitrogens with one attached hydrogen (secondary N) is 1. The molecule has 0 heterocycles. The summed E-state index contributed by atoms with van der Waals surface area (Å²) in [6.07, 6.45) is 1.97. The van der Waals surface area contributed by atoms with E-state index in [1.807, 2.05) is 0 Å². The third kappa shape index (κ3) is 1.29. The van der Waals surface area contributed by atoms with Gasteiger partial charge in [-0.2, -0.15) is 0 Å². The van der Waals surface area contributed by atoms with Crippen LogP contribution in [-0.2, 0) is 0 Å². The Morgan fingerprint density at radius 1 is 1.62 bits per heavy atom. The topological polar surface area (TPSA) is 58.5 Å². The highest BCUT2D eigenvalue weighted by Crippen LogP contribution is 2.18. The van der Waals surface area contributed by atoms with Crippen LogP contribution in [0.1, 0.15) is 12.8 Å². The van der Waals surface area contributed by atoms with E-state index < -0.39 is 6.03 Å². The first-order valence-corrected chi connectivity index (χ1v) is 2.47. The van der Waals surface area contributed by atoms with Gasteiger partial charge in [0, 0.05) is 11.2 Å². The maximum atomic E-state index is 10.1. The molecule has 0 atom stereocenters. The molecule has 44 valence electrons. The van der Waals surface area contributed by atoms with E-state index in [0.29, 0.717) is 0 Å². The SMILES string of the molecule is O=NC(=O)NC1CC1. The first kappa shape index (κ1) is 5.21. The molecule has 0 radical (unpaired) electrons. The van der Waals surface area contributed by atoms with Crippen molar-refractivity contribution in [2.45, 2.75) is 18.9 Å². The van der Waals surface area contributed by atoms with E-state index in [4.69, 9.17) is 0 Å². The smallest absolute Gasteiger partial charge is 0.331 e. The molecule has 0 spiro atoms. The van der Waals surface area contributed by atoms with E-state index in [9.17, 15) is 9.70 Å². The zero-order valence-electron chi connectivity index (χ0n) is 4.26. The van der Waals surface area contributed by atoms with Gasteiger partial charge in [0.2, 0.25) is 0 Å². The lowest BCUT2D eigenvalue weighted by Crippen LogP contribution is -2.20. The van der Waals surface area contributed by atoms with Gasteiger partial charge in [0.15, 0.2) is 0 Å². The molecule has 0 aromatic carbocycles. The fourth-order valence-electron chi connectivity index (χ4n) is 0.429. The maximum Gasteiger partial charge on any atom is 0.378 e. The molecule has 0 unspecified atom stereocenters. The van der Waals surface area contributed by atoms with Gasteiger partial charge in [-0.05, 0) is 12.8 Å². The summed E-state index contributed by atoms with van der Waals surface area (Å²) in [6.45, 7) is 0. The summed E-state index contributed by atoms with van der Waals surface area (Å²) >= 11 is 0. The van der Waals surface area contributed by atoms with E-state index in [1.165, 1.54) is 0 Å². The number of nitrogens with zero attached hydrogens (tertiary/aromatic N) is 1. The predicted octanol–water partition coefficient (Wildman–Crippen LogP) is 0.625. The lowest BCUT2D eigenvalue weighted by Gasteiger charge is -1.89. The minimum atomic E-state index is -0.743. The number of amides is 2. The molecular weight excluding hydrogens is 108 g/mol. The summed E-state index contributed by atoms with van der Waals surface area (Å²) in [6, 6.07) is -0.507. The third-order valence-corrected chi connectivity index (χ3v) is 0.988. The highest BCUT2D eigenvalue weighted by molar-refractivity contribution is 5.75. The number of hydrogen-bond donors (Lipinski definition) is 1. The van der Waals surface area contributed by atoms with E-state index in [-0.39, 0.29) is 6.04 Å². The van der Waals surface area contributed by atoms with E-state index in [1.54, 1.807) is 0 Å². The van der Waals surface area contributed by atoms with Crippen molar-refractivity contribution in [2.24, 2.45) is 5.18 Å². The van der Waals surface area contributed by atoms with Crippen molar-refractivity contribution in [3.05, 3.63) is 4.91 Å². The average molecular weight is 114 g/mol. The second-order valence-electron chi connectivity index (χ2n) is 1.82. The Morgan fingerprint density at radius 2 is 2.25 bits per heavy atom. The molecule has 8 heavy (non-hydrogen) atoms. The van der Waals surface area contributed by atoms with Crippen LogP contribution in [0, 0.1) is 4.91 Å². The van der Waals surface area contributed by atoms with Crippen molar-refractivity contribution in [1.29, 1.82) is 0 Å². The molecule has 0 saturated heterocycles. The highest BCUT2D eigenvalue weighted by Gasteiger charge is 2.23. The summed E-state index contributed by atoms with van der Waals surface area (Å²) < 4.78 is 0. The lowest BCUT2D eigenvalue weighted by molar-refractivity contribution is 0.248. The predicted molar refractivity (Wildman–Crippen MR) is 27.3 cm³/mol. The zero-order chi connectivity index (χ0) is 5.98. The van der Waals surface area contributed by atoms with Crippen molar-refractivity contribution in [1.82, 2.24) is 5.32 Å². The molecule has 4 nitrogen and oxygen atoms in total. The Hall–Kier alpha value is -0.930. The van der Waals surface area contributed by atoms with Crippen LogP contribution < -0.4 is 5.32 Å². The first-order valence-electron chi connectivity index (χ1n) is 2.47. The molecule has 1 rings (SSSR count). The van der Waals surface area contributed by atoms with Crippen LogP contribution in [0.4, 0.5) is 4.79 Å². The maximum absolute atomic E-state index is 10.1. The number of carbonyl (C=O) groups is 1. The van der Waals surface area contributed by atoms with Gasteiger partial charge < -0.3 is 5.32 Å². The number of urea groups is 1. The monoisotopic (exact) mass is 114 g/mol. The van der Waals surface area contributed by atoms with Gasteiger partial charge in [0.1, 0.15) is 0 Å². The molecule has 1 fully saturated rings. The van der Waals surface area contributed by atoms with Gasteiger partial charge in [0.05, 0.1) is 0 Å². The van der Waals surface area contributed by atoms with Crippen molar-refractivity contribution >= 4 is 6.03 Å². The molecule has 1 saturated carbocycles. The van der Waals surface area contributed by atoms with Crippen LogP contribution in [0.15, 0.2) is 5.18 Å². The van der Waals surface area contributed by atoms with Crippen molar-refractivity contribution < 1.29 is 4.79 Å². The largest absolute Gasteiger partial charge is 0.378 e. The number of hydrogen-bond acceptors (Lipinski definition) is 2. The molecule has 0 aliphatic heterocycles. The van der Waals surface area contributed by atoms with Crippen molar-refractivity contribution in [2.75, 3.05) is 0 Å². The van der Waals surface area contributed by atoms with E-state index in [0.717, 1.165) is 12.8 Å². The molecule has 1 aliphatic carbocycles. The fraction of sp³-hybridized carbons (Fsp3) is 0.750. The van der Waals surface area contributed by atoms with Gasteiger partial charge in [0.25, 0.3) is 0 Å². The van der Waals surface area contributed by atoms with Crippen LogP contribution in [0.2, 0.25) is 0 Å². The fourth-order valence-corrected chi connectivity index (χ4v) is 0.429. The molecule has 1 N–H and O–H groups in total. The van der Waals surface area contributed by atoms with Crippen LogP contribution in [0.25, 0.3) is 0 Å². The number of rotatable bonds is 1. The summed E-state index contributed by atoms with van der Waals surface area (Å²) in [7, 11) is 0. The Bertz CT molecular complexity index is 119. The Balaban J connectivity index is 2.16. The van der Waals surface area contributed by atoms with Crippen LogP contribution in [0.5, 0.6) is 0 Å². The standard InChI is InChI=1S/C4H6N2O2/c7-4(6-8)5-3-1-2-3/h3H,1-2H2,(H,5,7). The summed E-state index contributed by atoms with van der Waals surface area (Å²) in [5.74, 6) is 0. The second-order valence-corrected chi connectivity index (χ2v) is 1.82. The van der Waals surface area contributed by atoms with Gasteiger partial charge >= 0.3 is 6.03 Å². The second kappa shape index (κ2) is 1.90.